The number of carbonyl (C=O) groups excluding carboxylic acids is 2. The molecule has 2 rings (SSSR count). The standard InChI is InChI=1S/C17H26N2O4/c1-22-12-5-10-19(17(21)15-7-13-23-14-15)11-6-16(20)18-8-3-2-4-9-18/h7,13-14H,2-6,8-12H2,1H3. The topological polar surface area (TPSA) is 63.0 Å². The van der Waals surface area contributed by atoms with Gasteiger partial charge in [-0.25, -0.2) is 0 Å². The molecule has 0 atom stereocenters. The quantitative estimate of drug-likeness (QED) is 0.688. The second-order valence-electron chi connectivity index (χ2n) is 5.84. The summed E-state index contributed by atoms with van der Waals surface area (Å²) in [5.74, 6) is 0.0442. The fraction of sp³-hybridized carbons (Fsp3) is 0.647. The van der Waals surface area contributed by atoms with Gasteiger partial charge in [-0.1, -0.05) is 0 Å². The predicted molar refractivity (Wildman–Crippen MR) is 86.2 cm³/mol. The molecule has 0 N–H and O–H groups in total. The summed E-state index contributed by atoms with van der Waals surface area (Å²) in [6.07, 6.45) is 7.41. The monoisotopic (exact) mass is 322 g/mol. The maximum atomic E-state index is 12.5. The molecule has 0 radical (unpaired) electrons. The van der Waals surface area contributed by atoms with Gasteiger partial charge in [-0.2, -0.15) is 0 Å². The highest BCUT2D eigenvalue weighted by Gasteiger charge is 2.20. The van der Waals surface area contributed by atoms with Crippen LogP contribution in [0.15, 0.2) is 23.0 Å². The molecule has 128 valence electrons. The number of furan rings is 1. The number of rotatable bonds is 8. The zero-order valence-corrected chi connectivity index (χ0v) is 13.8. The average Bonchev–Trinajstić information content (AvgIpc) is 3.12. The van der Waals surface area contributed by atoms with Gasteiger partial charge in [-0.3, -0.25) is 9.59 Å². The minimum Gasteiger partial charge on any atom is -0.472 e. The Morgan fingerprint density at radius 3 is 2.70 bits per heavy atom. The van der Waals surface area contributed by atoms with Crippen LogP contribution in [-0.4, -0.2) is 61.5 Å². The van der Waals surface area contributed by atoms with Crippen molar-refractivity contribution in [1.82, 2.24) is 9.80 Å². The van der Waals surface area contributed by atoms with Gasteiger partial charge in [0.05, 0.1) is 11.8 Å². The molecule has 1 fully saturated rings. The Bertz CT molecular complexity index is 481. The van der Waals surface area contributed by atoms with E-state index in [0.29, 0.717) is 31.7 Å². The Balaban J connectivity index is 1.88. The van der Waals surface area contributed by atoms with Crippen LogP contribution in [0, 0.1) is 0 Å². The van der Waals surface area contributed by atoms with Crippen molar-refractivity contribution in [3.63, 3.8) is 0 Å². The SMILES string of the molecule is COCCCN(CCC(=O)N1CCCCC1)C(=O)c1ccoc1. The van der Waals surface area contributed by atoms with E-state index in [4.69, 9.17) is 9.15 Å². The van der Waals surface area contributed by atoms with Crippen molar-refractivity contribution in [1.29, 1.82) is 0 Å². The van der Waals surface area contributed by atoms with E-state index in [1.54, 1.807) is 18.1 Å². The molecule has 23 heavy (non-hydrogen) atoms. The second kappa shape index (κ2) is 9.35. The lowest BCUT2D eigenvalue weighted by molar-refractivity contribution is -0.132. The molecule has 1 aliphatic heterocycles. The third kappa shape index (κ3) is 5.39. The maximum Gasteiger partial charge on any atom is 0.257 e. The van der Waals surface area contributed by atoms with Crippen LogP contribution in [0.25, 0.3) is 0 Å². The molecule has 0 aliphatic carbocycles. The van der Waals surface area contributed by atoms with E-state index >= 15 is 0 Å². The van der Waals surface area contributed by atoms with Crippen molar-refractivity contribution in [2.75, 3.05) is 39.9 Å². The second-order valence-corrected chi connectivity index (χ2v) is 5.84. The van der Waals surface area contributed by atoms with E-state index in [2.05, 4.69) is 0 Å². The Kier molecular flexibility index (Phi) is 7.13. The van der Waals surface area contributed by atoms with Gasteiger partial charge in [0.1, 0.15) is 6.26 Å². The molecular formula is C17H26N2O4. The maximum absolute atomic E-state index is 12.5. The minimum absolute atomic E-state index is 0.0960. The van der Waals surface area contributed by atoms with E-state index in [1.807, 2.05) is 4.90 Å². The van der Waals surface area contributed by atoms with Crippen LogP contribution < -0.4 is 0 Å². The van der Waals surface area contributed by atoms with Gasteiger partial charge in [0.2, 0.25) is 5.91 Å². The van der Waals surface area contributed by atoms with Crippen molar-refractivity contribution in [2.24, 2.45) is 0 Å². The van der Waals surface area contributed by atoms with Crippen LogP contribution in [0.4, 0.5) is 0 Å². The Morgan fingerprint density at radius 2 is 2.04 bits per heavy atom. The first-order valence-corrected chi connectivity index (χ1v) is 8.30. The van der Waals surface area contributed by atoms with Crippen molar-refractivity contribution in [3.8, 4) is 0 Å². The largest absolute Gasteiger partial charge is 0.472 e. The van der Waals surface area contributed by atoms with Crippen LogP contribution >= 0.6 is 0 Å². The van der Waals surface area contributed by atoms with Crippen LogP contribution in [0.3, 0.4) is 0 Å². The third-order valence-electron chi connectivity index (χ3n) is 4.14. The molecule has 2 heterocycles. The summed E-state index contributed by atoms with van der Waals surface area (Å²) >= 11 is 0. The summed E-state index contributed by atoms with van der Waals surface area (Å²) in [5.41, 5.74) is 0.521. The molecular weight excluding hydrogens is 296 g/mol. The third-order valence-corrected chi connectivity index (χ3v) is 4.14. The van der Waals surface area contributed by atoms with Crippen LogP contribution in [-0.2, 0) is 9.53 Å². The lowest BCUT2D eigenvalue weighted by Crippen LogP contribution is -2.39. The molecule has 2 amide bonds. The molecule has 0 spiro atoms. The number of amides is 2. The van der Waals surface area contributed by atoms with E-state index in [-0.39, 0.29) is 11.8 Å². The van der Waals surface area contributed by atoms with E-state index in [9.17, 15) is 9.59 Å². The highest BCUT2D eigenvalue weighted by Crippen LogP contribution is 2.12. The highest BCUT2D eigenvalue weighted by molar-refractivity contribution is 5.94. The minimum atomic E-state index is -0.0960. The van der Waals surface area contributed by atoms with Gasteiger partial charge in [0.15, 0.2) is 0 Å². The molecule has 6 heteroatoms. The first-order chi connectivity index (χ1) is 11.2. The van der Waals surface area contributed by atoms with Crippen LogP contribution in [0.1, 0.15) is 42.5 Å². The molecule has 1 aromatic heterocycles. The normalized spacial score (nSPS) is 14.7. The zero-order chi connectivity index (χ0) is 16.5. The molecule has 0 saturated carbocycles. The molecule has 1 aliphatic rings. The number of hydrogen-bond donors (Lipinski definition) is 0. The van der Waals surface area contributed by atoms with Gasteiger partial charge < -0.3 is 19.0 Å². The number of likely N-dealkylation sites (tertiary alicyclic amines) is 1. The Labute approximate surface area is 137 Å². The first kappa shape index (κ1) is 17.5. The van der Waals surface area contributed by atoms with Crippen LogP contribution in [0.5, 0.6) is 0 Å². The molecule has 6 nitrogen and oxygen atoms in total. The molecule has 0 bridgehead atoms. The molecule has 0 aromatic carbocycles. The van der Waals surface area contributed by atoms with Gasteiger partial charge in [-0.15, -0.1) is 0 Å². The first-order valence-electron chi connectivity index (χ1n) is 8.30. The highest BCUT2D eigenvalue weighted by atomic mass is 16.5. The Hall–Kier alpha value is -1.82. The number of ether oxygens (including phenoxy) is 1. The van der Waals surface area contributed by atoms with E-state index in [1.165, 1.54) is 18.9 Å². The van der Waals surface area contributed by atoms with Crippen molar-refractivity contribution < 1.29 is 18.7 Å². The molecule has 1 saturated heterocycles. The van der Waals surface area contributed by atoms with Gasteiger partial charge in [0, 0.05) is 46.3 Å². The number of hydrogen-bond acceptors (Lipinski definition) is 4. The van der Waals surface area contributed by atoms with Crippen LogP contribution in [0.2, 0.25) is 0 Å². The number of carbonyl (C=O) groups is 2. The Morgan fingerprint density at radius 1 is 1.26 bits per heavy atom. The number of piperidine rings is 1. The zero-order valence-electron chi connectivity index (χ0n) is 13.8. The fourth-order valence-electron chi connectivity index (χ4n) is 2.82. The van der Waals surface area contributed by atoms with Gasteiger partial charge >= 0.3 is 0 Å². The van der Waals surface area contributed by atoms with Gasteiger partial charge in [0.25, 0.3) is 5.91 Å². The summed E-state index contributed by atoms with van der Waals surface area (Å²) in [4.78, 5) is 28.4. The molecule has 1 aromatic rings. The van der Waals surface area contributed by atoms with Crippen molar-refractivity contribution in [3.05, 3.63) is 24.2 Å². The smallest absolute Gasteiger partial charge is 0.257 e. The van der Waals surface area contributed by atoms with E-state index in [0.717, 1.165) is 32.4 Å². The molecule has 0 unspecified atom stereocenters. The predicted octanol–water partition coefficient (Wildman–Crippen LogP) is 2.16. The average molecular weight is 322 g/mol. The fourth-order valence-corrected chi connectivity index (χ4v) is 2.82. The number of methoxy groups -OCH3 is 1. The lowest BCUT2D eigenvalue weighted by atomic mass is 10.1. The van der Waals surface area contributed by atoms with Crippen molar-refractivity contribution >= 4 is 11.8 Å². The van der Waals surface area contributed by atoms with Gasteiger partial charge in [-0.05, 0) is 31.7 Å². The summed E-state index contributed by atoms with van der Waals surface area (Å²) in [7, 11) is 1.64. The summed E-state index contributed by atoms with van der Waals surface area (Å²) in [6.45, 7) is 3.29. The summed E-state index contributed by atoms with van der Waals surface area (Å²) in [5, 5.41) is 0. The van der Waals surface area contributed by atoms with E-state index < -0.39 is 0 Å². The number of nitrogens with zero attached hydrogens (tertiary/aromatic N) is 2. The van der Waals surface area contributed by atoms with Crippen molar-refractivity contribution in [2.45, 2.75) is 32.1 Å². The summed E-state index contributed by atoms with van der Waals surface area (Å²) in [6, 6.07) is 1.65. The summed E-state index contributed by atoms with van der Waals surface area (Å²) < 4.78 is 10.0. The lowest BCUT2D eigenvalue weighted by Gasteiger charge is -2.28.